The molecule has 0 aliphatic rings. The number of pyridine rings is 1. The Morgan fingerprint density at radius 1 is 1.12 bits per heavy atom. The van der Waals surface area contributed by atoms with Crippen molar-refractivity contribution in [3.05, 3.63) is 76.2 Å². The van der Waals surface area contributed by atoms with Gasteiger partial charge in [-0.05, 0) is 31.3 Å². The van der Waals surface area contributed by atoms with E-state index in [0.717, 1.165) is 5.56 Å². The fourth-order valence-corrected chi connectivity index (χ4v) is 3.78. The Balaban J connectivity index is 1.61. The number of likely N-dealkylation sites (N-methyl/N-ethyl adjacent to an activating group) is 1. The van der Waals surface area contributed by atoms with Gasteiger partial charge in [-0.15, -0.1) is 11.3 Å². The molecule has 8 nitrogen and oxygen atoms in total. The molecule has 3 amide bonds. The average Bonchev–Trinajstić information content (AvgIpc) is 3.24. The van der Waals surface area contributed by atoms with Crippen LogP contribution in [-0.4, -0.2) is 60.5 Å². The summed E-state index contributed by atoms with van der Waals surface area (Å²) >= 11 is 1.40. The van der Waals surface area contributed by atoms with Crippen LogP contribution in [0.5, 0.6) is 0 Å². The van der Waals surface area contributed by atoms with Crippen LogP contribution in [0.3, 0.4) is 0 Å². The molecule has 180 valence electrons. The summed E-state index contributed by atoms with van der Waals surface area (Å²) in [6.07, 6.45) is 0.265. The first kappa shape index (κ1) is 25.1. The van der Waals surface area contributed by atoms with Gasteiger partial charge in [0.1, 0.15) is 11.9 Å². The number of nitrogens with zero attached hydrogens (tertiary/aromatic N) is 3. The number of rotatable bonds is 10. The number of nitrogen functional groups attached to an aromatic ring is 1. The van der Waals surface area contributed by atoms with Gasteiger partial charge in [-0.1, -0.05) is 36.4 Å². The third kappa shape index (κ3) is 7.26. The van der Waals surface area contributed by atoms with Crippen molar-refractivity contribution in [3.63, 3.8) is 0 Å². The van der Waals surface area contributed by atoms with Crippen molar-refractivity contribution in [2.24, 2.45) is 0 Å². The molecule has 0 saturated heterocycles. The summed E-state index contributed by atoms with van der Waals surface area (Å²) in [5.74, 6) is -0.367. The molecule has 0 aliphatic heterocycles. The van der Waals surface area contributed by atoms with Crippen LogP contribution in [0.25, 0.3) is 0 Å². The predicted molar refractivity (Wildman–Crippen MR) is 134 cm³/mol. The molecule has 1 atom stereocenters. The number of benzene rings is 1. The highest BCUT2D eigenvalue weighted by Gasteiger charge is 2.18. The number of halogens is 1. The molecule has 10 heteroatoms. The monoisotopic (exact) mass is 484 g/mol. The number of carbonyl (C=O) groups excluding carboxylic acids is 2. The molecule has 3 aromatic rings. The lowest BCUT2D eigenvalue weighted by molar-refractivity contribution is 0.102. The van der Waals surface area contributed by atoms with Gasteiger partial charge >= 0.3 is 6.03 Å². The molecule has 4 N–H and O–H groups in total. The zero-order valence-electron chi connectivity index (χ0n) is 19.2. The second kappa shape index (κ2) is 12.1. The van der Waals surface area contributed by atoms with E-state index in [1.807, 2.05) is 25.1 Å². The summed E-state index contributed by atoms with van der Waals surface area (Å²) in [5.41, 5.74) is 8.36. The van der Waals surface area contributed by atoms with Gasteiger partial charge in [0.15, 0.2) is 0 Å². The standard InChI is InChI=1S/C24H29FN6O2S/c1-30(2)10-11-31(24(33)28-13-19(25)18-6-4-3-5-7-18)14-17-8-9-21(27-12-17)23(32)29-22-16-34-15-20(22)26/h3-9,12,15-16,19H,10-11,13-14,26H2,1-2H3,(H,28,33)(H,29,32). The zero-order valence-corrected chi connectivity index (χ0v) is 20.0. The Bertz CT molecular complexity index is 1070. The fraction of sp³-hybridized carbons (Fsp3) is 0.292. The number of hydrogen-bond donors (Lipinski definition) is 3. The van der Waals surface area contributed by atoms with Crippen LogP contribution >= 0.6 is 11.3 Å². The van der Waals surface area contributed by atoms with Crippen LogP contribution in [0.4, 0.5) is 20.6 Å². The van der Waals surface area contributed by atoms with Crippen molar-refractivity contribution in [1.29, 1.82) is 0 Å². The van der Waals surface area contributed by atoms with Gasteiger partial charge < -0.3 is 26.2 Å². The van der Waals surface area contributed by atoms with Gasteiger partial charge in [-0.2, -0.15) is 0 Å². The van der Waals surface area contributed by atoms with Crippen LogP contribution in [0.15, 0.2) is 59.4 Å². The Hall–Kier alpha value is -3.50. The SMILES string of the molecule is CN(C)CCN(Cc1ccc(C(=O)Nc2cscc2N)nc1)C(=O)NCC(F)c1ccccc1. The van der Waals surface area contributed by atoms with E-state index in [9.17, 15) is 14.0 Å². The Labute approximate surface area is 202 Å². The Morgan fingerprint density at radius 2 is 1.88 bits per heavy atom. The number of aromatic nitrogens is 1. The lowest BCUT2D eigenvalue weighted by atomic mass is 10.1. The van der Waals surface area contributed by atoms with Gasteiger partial charge in [0.2, 0.25) is 0 Å². The van der Waals surface area contributed by atoms with E-state index in [0.29, 0.717) is 30.0 Å². The molecule has 0 fully saturated rings. The smallest absolute Gasteiger partial charge is 0.317 e. The number of carbonyl (C=O) groups is 2. The Morgan fingerprint density at radius 3 is 2.50 bits per heavy atom. The molecular formula is C24H29FN6O2S. The number of nitrogens with two attached hydrogens (primary N) is 1. The van der Waals surface area contributed by atoms with Crippen molar-refractivity contribution < 1.29 is 14.0 Å². The minimum absolute atomic E-state index is 0.121. The molecule has 1 unspecified atom stereocenters. The third-order valence-electron chi connectivity index (χ3n) is 5.07. The van der Waals surface area contributed by atoms with Crippen molar-refractivity contribution in [3.8, 4) is 0 Å². The van der Waals surface area contributed by atoms with Crippen molar-refractivity contribution in [2.45, 2.75) is 12.7 Å². The summed E-state index contributed by atoms with van der Waals surface area (Å²) in [4.78, 5) is 33.0. The van der Waals surface area contributed by atoms with E-state index in [4.69, 9.17) is 5.73 Å². The van der Waals surface area contributed by atoms with Crippen LogP contribution in [0.1, 0.15) is 27.8 Å². The van der Waals surface area contributed by atoms with E-state index < -0.39 is 6.17 Å². The van der Waals surface area contributed by atoms with Crippen LogP contribution in [-0.2, 0) is 6.54 Å². The van der Waals surface area contributed by atoms with E-state index in [1.54, 1.807) is 58.3 Å². The zero-order chi connectivity index (χ0) is 24.5. The molecule has 2 heterocycles. The second-order valence-electron chi connectivity index (χ2n) is 8.04. The van der Waals surface area contributed by atoms with Gasteiger partial charge in [-0.25, -0.2) is 9.18 Å². The first-order chi connectivity index (χ1) is 16.3. The fourth-order valence-electron chi connectivity index (χ4n) is 3.11. The van der Waals surface area contributed by atoms with Gasteiger partial charge in [0.05, 0.1) is 17.9 Å². The minimum atomic E-state index is -1.29. The largest absolute Gasteiger partial charge is 0.396 e. The third-order valence-corrected chi connectivity index (χ3v) is 5.83. The normalized spacial score (nSPS) is 11.8. The maximum atomic E-state index is 14.5. The number of thiophene rings is 1. The molecule has 3 rings (SSSR count). The highest BCUT2D eigenvalue weighted by atomic mass is 32.1. The molecule has 1 aromatic carbocycles. The van der Waals surface area contributed by atoms with Crippen LogP contribution in [0.2, 0.25) is 0 Å². The molecule has 0 aliphatic carbocycles. The maximum Gasteiger partial charge on any atom is 0.317 e. The van der Waals surface area contributed by atoms with Crippen molar-refractivity contribution in [1.82, 2.24) is 20.1 Å². The molecular weight excluding hydrogens is 455 g/mol. The first-order valence-electron chi connectivity index (χ1n) is 10.8. The molecule has 34 heavy (non-hydrogen) atoms. The summed E-state index contributed by atoms with van der Waals surface area (Å²) < 4.78 is 14.5. The molecule has 0 saturated carbocycles. The van der Waals surface area contributed by atoms with E-state index in [-0.39, 0.29) is 30.7 Å². The van der Waals surface area contributed by atoms with Crippen molar-refractivity contribution >= 4 is 34.6 Å². The minimum Gasteiger partial charge on any atom is -0.396 e. The molecule has 0 bridgehead atoms. The number of anilines is 2. The highest BCUT2D eigenvalue weighted by Crippen LogP contribution is 2.23. The van der Waals surface area contributed by atoms with E-state index in [2.05, 4.69) is 15.6 Å². The van der Waals surface area contributed by atoms with Gasteiger partial charge in [-0.3, -0.25) is 9.78 Å². The van der Waals surface area contributed by atoms with E-state index >= 15 is 0 Å². The average molecular weight is 485 g/mol. The summed E-state index contributed by atoms with van der Waals surface area (Å²) in [5, 5.41) is 8.90. The van der Waals surface area contributed by atoms with Crippen molar-refractivity contribution in [2.75, 3.05) is 44.8 Å². The lowest BCUT2D eigenvalue weighted by Gasteiger charge is -2.25. The number of hydrogen-bond acceptors (Lipinski definition) is 6. The van der Waals surface area contributed by atoms with Crippen LogP contribution in [0, 0.1) is 0 Å². The predicted octanol–water partition coefficient (Wildman–Crippen LogP) is 3.76. The molecule has 0 radical (unpaired) electrons. The number of nitrogens with one attached hydrogen (secondary N) is 2. The molecule has 0 spiro atoms. The summed E-state index contributed by atoms with van der Waals surface area (Å²) in [6.45, 7) is 1.24. The quantitative estimate of drug-likeness (QED) is 0.407. The second-order valence-corrected chi connectivity index (χ2v) is 8.78. The molecule has 2 aromatic heterocycles. The highest BCUT2D eigenvalue weighted by molar-refractivity contribution is 7.09. The first-order valence-corrected chi connectivity index (χ1v) is 11.7. The number of alkyl halides is 1. The summed E-state index contributed by atoms with van der Waals surface area (Å²) in [7, 11) is 3.83. The summed E-state index contributed by atoms with van der Waals surface area (Å²) in [6, 6.07) is 11.7. The number of urea groups is 1. The van der Waals surface area contributed by atoms with E-state index in [1.165, 1.54) is 11.3 Å². The topological polar surface area (TPSA) is 104 Å². The van der Waals surface area contributed by atoms with Crippen LogP contribution < -0.4 is 16.4 Å². The lowest BCUT2D eigenvalue weighted by Crippen LogP contribution is -2.43. The maximum absolute atomic E-state index is 14.5. The van der Waals surface area contributed by atoms with Gasteiger partial charge in [0.25, 0.3) is 5.91 Å². The number of amides is 3. The van der Waals surface area contributed by atoms with Gasteiger partial charge in [0, 0.05) is 36.6 Å². The Kier molecular flexibility index (Phi) is 8.94.